The number of carbonyl (C=O) groups excluding carboxylic acids is 1. The highest BCUT2D eigenvalue weighted by Crippen LogP contribution is 2.30. The fourth-order valence-corrected chi connectivity index (χ4v) is 2.32. The monoisotopic (exact) mass is 194 g/mol. The zero-order valence-electron chi connectivity index (χ0n) is 7.00. The van der Waals surface area contributed by atoms with Gasteiger partial charge in [-0.1, -0.05) is 18.2 Å². The highest BCUT2D eigenvalue weighted by atomic mass is 32.1. The quantitative estimate of drug-likeness (QED) is 0.637. The molecule has 0 saturated carbocycles. The Balaban J connectivity index is 2.93. The highest BCUT2D eigenvalue weighted by Gasteiger charge is 2.11. The SMILES string of the molecule is Cc1cccc2c(C=O)c(F)sc12. The second-order valence-electron chi connectivity index (χ2n) is 2.86. The lowest BCUT2D eigenvalue weighted by Crippen LogP contribution is -1.79. The van der Waals surface area contributed by atoms with E-state index in [1.807, 2.05) is 19.1 Å². The Labute approximate surface area is 78.8 Å². The molecule has 0 unspecified atom stereocenters. The van der Waals surface area contributed by atoms with E-state index in [0.717, 1.165) is 27.0 Å². The summed E-state index contributed by atoms with van der Waals surface area (Å²) >= 11 is 1.03. The van der Waals surface area contributed by atoms with Crippen molar-refractivity contribution in [1.29, 1.82) is 0 Å². The molecule has 0 atom stereocenters. The summed E-state index contributed by atoms with van der Waals surface area (Å²) in [5.41, 5.74) is 1.19. The smallest absolute Gasteiger partial charge is 0.188 e. The third-order valence-corrected chi connectivity index (χ3v) is 3.17. The van der Waals surface area contributed by atoms with E-state index in [9.17, 15) is 9.18 Å². The van der Waals surface area contributed by atoms with Gasteiger partial charge in [0.2, 0.25) is 0 Å². The van der Waals surface area contributed by atoms with Crippen LogP contribution in [0.3, 0.4) is 0 Å². The van der Waals surface area contributed by atoms with Gasteiger partial charge in [0.15, 0.2) is 11.4 Å². The van der Waals surface area contributed by atoms with Crippen molar-refractivity contribution in [3.8, 4) is 0 Å². The van der Waals surface area contributed by atoms with Crippen LogP contribution >= 0.6 is 11.3 Å². The maximum atomic E-state index is 13.2. The molecule has 2 aromatic rings. The first-order valence-corrected chi connectivity index (χ1v) is 4.68. The van der Waals surface area contributed by atoms with E-state index in [-0.39, 0.29) is 10.7 Å². The predicted molar refractivity (Wildman–Crippen MR) is 51.9 cm³/mol. The third kappa shape index (κ3) is 1.16. The number of halogens is 1. The number of benzene rings is 1. The van der Waals surface area contributed by atoms with E-state index < -0.39 is 0 Å². The predicted octanol–water partition coefficient (Wildman–Crippen LogP) is 3.16. The van der Waals surface area contributed by atoms with Crippen molar-refractivity contribution in [3.63, 3.8) is 0 Å². The summed E-state index contributed by atoms with van der Waals surface area (Å²) in [6.07, 6.45) is 0.577. The van der Waals surface area contributed by atoms with Crippen molar-refractivity contribution in [3.05, 3.63) is 34.5 Å². The van der Waals surface area contributed by atoms with E-state index in [2.05, 4.69) is 0 Å². The van der Waals surface area contributed by atoms with Crippen LogP contribution in [-0.4, -0.2) is 6.29 Å². The number of thiophene rings is 1. The Bertz CT molecular complexity index is 473. The van der Waals surface area contributed by atoms with E-state index in [4.69, 9.17) is 0 Å². The summed E-state index contributed by atoms with van der Waals surface area (Å²) < 4.78 is 14.0. The van der Waals surface area contributed by atoms with E-state index in [0.29, 0.717) is 6.29 Å². The summed E-state index contributed by atoms with van der Waals surface area (Å²) in [4.78, 5) is 10.6. The van der Waals surface area contributed by atoms with Crippen LogP contribution < -0.4 is 0 Å². The van der Waals surface area contributed by atoms with Crippen molar-refractivity contribution in [2.75, 3.05) is 0 Å². The Morgan fingerprint density at radius 1 is 1.46 bits per heavy atom. The third-order valence-electron chi connectivity index (χ3n) is 2.02. The lowest BCUT2D eigenvalue weighted by atomic mass is 10.1. The van der Waals surface area contributed by atoms with Gasteiger partial charge in [0.25, 0.3) is 0 Å². The second-order valence-corrected chi connectivity index (χ2v) is 3.83. The van der Waals surface area contributed by atoms with Gasteiger partial charge >= 0.3 is 0 Å². The molecule has 3 heteroatoms. The molecule has 0 saturated heterocycles. The molecule has 0 spiro atoms. The largest absolute Gasteiger partial charge is 0.298 e. The van der Waals surface area contributed by atoms with Crippen LogP contribution in [0.1, 0.15) is 15.9 Å². The zero-order chi connectivity index (χ0) is 9.42. The Morgan fingerprint density at radius 3 is 2.92 bits per heavy atom. The molecular weight excluding hydrogens is 187 g/mol. The van der Waals surface area contributed by atoms with Crippen LogP contribution in [0.5, 0.6) is 0 Å². The Hall–Kier alpha value is -1.22. The molecular formula is C10H7FOS. The molecule has 0 radical (unpaired) electrons. The molecule has 0 aliphatic rings. The summed E-state index contributed by atoms with van der Waals surface area (Å²) in [6, 6.07) is 5.51. The van der Waals surface area contributed by atoms with Crippen LogP contribution in [0.4, 0.5) is 4.39 Å². The highest BCUT2D eigenvalue weighted by molar-refractivity contribution is 7.18. The number of fused-ring (bicyclic) bond motifs is 1. The van der Waals surface area contributed by atoms with Crippen LogP contribution in [0, 0.1) is 12.1 Å². The number of carbonyl (C=O) groups is 1. The maximum Gasteiger partial charge on any atom is 0.188 e. The fraction of sp³-hybridized carbons (Fsp3) is 0.100. The molecule has 13 heavy (non-hydrogen) atoms. The minimum atomic E-state index is -0.390. The lowest BCUT2D eigenvalue weighted by molar-refractivity contribution is 0.112. The standard InChI is InChI=1S/C10H7FOS/c1-6-3-2-4-7-8(5-12)10(11)13-9(6)7/h2-5H,1H3. The van der Waals surface area contributed by atoms with Crippen LogP contribution in [0.25, 0.3) is 10.1 Å². The molecule has 0 aliphatic carbocycles. The molecule has 0 aliphatic heterocycles. The molecule has 1 aromatic heterocycles. The molecule has 0 N–H and O–H groups in total. The van der Waals surface area contributed by atoms with Crippen molar-refractivity contribution < 1.29 is 9.18 Å². The van der Waals surface area contributed by atoms with Gasteiger partial charge in [0.05, 0.1) is 5.56 Å². The van der Waals surface area contributed by atoms with Gasteiger partial charge in [-0.2, -0.15) is 4.39 Å². The van der Waals surface area contributed by atoms with Gasteiger partial charge in [-0.3, -0.25) is 4.79 Å². The van der Waals surface area contributed by atoms with Crippen LogP contribution in [-0.2, 0) is 0 Å². The minimum absolute atomic E-state index is 0.184. The Morgan fingerprint density at radius 2 is 2.23 bits per heavy atom. The van der Waals surface area contributed by atoms with E-state index >= 15 is 0 Å². The molecule has 2 rings (SSSR count). The van der Waals surface area contributed by atoms with Gasteiger partial charge in [-0.15, -0.1) is 11.3 Å². The Kier molecular flexibility index (Phi) is 1.88. The number of hydrogen-bond acceptors (Lipinski definition) is 2. The van der Waals surface area contributed by atoms with Crippen LogP contribution in [0.15, 0.2) is 18.2 Å². The second kappa shape index (κ2) is 2.92. The molecule has 1 aromatic carbocycles. The molecule has 0 fully saturated rings. The first-order valence-electron chi connectivity index (χ1n) is 3.87. The van der Waals surface area contributed by atoms with E-state index in [1.54, 1.807) is 6.07 Å². The van der Waals surface area contributed by atoms with Crippen molar-refractivity contribution in [2.24, 2.45) is 0 Å². The lowest BCUT2D eigenvalue weighted by Gasteiger charge is -1.93. The maximum absolute atomic E-state index is 13.2. The number of hydrogen-bond donors (Lipinski definition) is 0. The summed E-state index contributed by atoms with van der Waals surface area (Å²) in [5, 5.41) is 0.330. The first-order chi connectivity index (χ1) is 6.24. The van der Waals surface area contributed by atoms with Gasteiger partial charge in [-0.05, 0) is 12.5 Å². The van der Waals surface area contributed by atoms with Gasteiger partial charge in [0.1, 0.15) is 0 Å². The van der Waals surface area contributed by atoms with Crippen LogP contribution in [0.2, 0.25) is 0 Å². The fourth-order valence-electron chi connectivity index (χ4n) is 1.36. The molecule has 1 nitrogen and oxygen atoms in total. The molecule has 1 heterocycles. The number of aldehydes is 1. The first kappa shape index (κ1) is 8.38. The summed E-state index contributed by atoms with van der Waals surface area (Å²) in [6.45, 7) is 1.91. The van der Waals surface area contributed by atoms with Crippen molar-refractivity contribution >= 4 is 27.7 Å². The normalized spacial score (nSPS) is 10.6. The summed E-state index contributed by atoms with van der Waals surface area (Å²) in [7, 11) is 0. The molecule has 0 amide bonds. The van der Waals surface area contributed by atoms with Gasteiger partial charge < -0.3 is 0 Å². The minimum Gasteiger partial charge on any atom is -0.298 e. The van der Waals surface area contributed by atoms with Crippen molar-refractivity contribution in [2.45, 2.75) is 6.92 Å². The van der Waals surface area contributed by atoms with Gasteiger partial charge in [0, 0.05) is 10.1 Å². The molecule has 66 valence electrons. The van der Waals surface area contributed by atoms with Gasteiger partial charge in [-0.25, -0.2) is 0 Å². The molecule has 0 bridgehead atoms. The zero-order valence-corrected chi connectivity index (χ0v) is 7.82. The summed E-state index contributed by atoms with van der Waals surface area (Å²) in [5.74, 6) is 0. The van der Waals surface area contributed by atoms with Crippen molar-refractivity contribution in [1.82, 2.24) is 0 Å². The average molecular weight is 194 g/mol. The number of aryl methyl sites for hydroxylation is 1. The topological polar surface area (TPSA) is 17.1 Å². The average Bonchev–Trinajstić information content (AvgIpc) is 2.43. The number of rotatable bonds is 1. The van der Waals surface area contributed by atoms with E-state index in [1.165, 1.54) is 0 Å².